The first-order valence-electron chi connectivity index (χ1n) is 7.55. The quantitative estimate of drug-likeness (QED) is 0.562. The molecule has 3 rings (SSSR count). The van der Waals surface area contributed by atoms with Crippen LogP contribution in [0.3, 0.4) is 0 Å². The van der Waals surface area contributed by atoms with Crippen LogP contribution in [0.25, 0.3) is 0 Å². The Morgan fingerprint density at radius 3 is 2.76 bits per heavy atom. The molecule has 0 aliphatic rings. The van der Waals surface area contributed by atoms with Gasteiger partial charge in [0.1, 0.15) is 12.4 Å². The van der Waals surface area contributed by atoms with Gasteiger partial charge in [-0.3, -0.25) is 4.79 Å². The monoisotopic (exact) mass is 391 g/mol. The number of anilines is 1. The maximum absolute atomic E-state index is 12.4. The molecule has 6 heteroatoms. The van der Waals surface area contributed by atoms with Gasteiger partial charge >= 0.3 is 0 Å². The normalized spacial score (nSPS) is 10.5. The van der Waals surface area contributed by atoms with E-state index in [1.165, 1.54) is 11.3 Å². The van der Waals surface area contributed by atoms with E-state index >= 15 is 0 Å². The minimum Gasteiger partial charge on any atom is -0.489 e. The van der Waals surface area contributed by atoms with Gasteiger partial charge in [-0.15, -0.1) is 11.3 Å². The van der Waals surface area contributed by atoms with Crippen molar-refractivity contribution in [2.24, 2.45) is 0 Å². The number of benzene rings is 2. The number of halogens is 2. The van der Waals surface area contributed by atoms with E-state index in [4.69, 9.17) is 27.9 Å². The number of nitrogens with one attached hydrogen (secondary N) is 1. The lowest BCUT2D eigenvalue weighted by Gasteiger charge is -2.08. The summed E-state index contributed by atoms with van der Waals surface area (Å²) in [6.07, 6.45) is 0. The Hall–Kier alpha value is -2.01. The molecule has 1 N–H and O–H groups in total. The molecular weight excluding hydrogens is 377 g/mol. The fraction of sp³-hybridized carbons (Fsp3) is 0.105. The maximum Gasteiger partial charge on any atom is 0.265 e. The molecule has 0 unspecified atom stereocenters. The van der Waals surface area contributed by atoms with Crippen LogP contribution in [-0.2, 0) is 6.61 Å². The lowest BCUT2D eigenvalue weighted by atomic mass is 10.2. The van der Waals surface area contributed by atoms with Crippen molar-refractivity contribution in [2.75, 3.05) is 5.32 Å². The SMILES string of the molecule is Cc1c(Cl)cccc1NC(=O)c1cc(COc2cccc(Cl)c2)cs1. The molecule has 0 spiro atoms. The molecule has 0 fully saturated rings. The number of carbonyl (C=O) groups is 1. The second-order valence-electron chi connectivity index (χ2n) is 5.43. The molecule has 25 heavy (non-hydrogen) atoms. The molecule has 0 bridgehead atoms. The van der Waals surface area contributed by atoms with Gasteiger partial charge in [0.2, 0.25) is 0 Å². The van der Waals surface area contributed by atoms with Crippen LogP contribution >= 0.6 is 34.5 Å². The van der Waals surface area contributed by atoms with Gasteiger partial charge in [0.05, 0.1) is 4.88 Å². The van der Waals surface area contributed by atoms with Crippen LogP contribution in [0.15, 0.2) is 53.9 Å². The zero-order valence-corrected chi connectivity index (χ0v) is 15.7. The number of amides is 1. The van der Waals surface area contributed by atoms with Crippen molar-refractivity contribution >= 4 is 46.1 Å². The Morgan fingerprint density at radius 2 is 1.96 bits per heavy atom. The third-order valence-corrected chi connectivity index (χ3v) is 5.22. The van der Waals surface area contributed by atoms with Gasteiger partial charge in [-0.25, -0.2) is 0 Å². The Labute approximate surface area is 160 Å². The van der Waals surface area contributed by atoms with Crippen LogP contribution in [-0.4, -0.2) is 5.91 Å². The zero-order valence-electron chi connectivity index (χ0n) is 13.4. The van der Waals surface area contributed by atoms with Crippen LogP contribution in [0.5, 0.6) is 5.75 Å². The first-order chi connectivity index (χ1) is 12.0. The molecule has 128 valence electrons. The lowest BCUT2D eigenvalue weighted by Crippen LogP contribution is -2.11. The third-order valence-electron chi connectivity index (χ3n) is 3.60. The fourth-order valence-electron chi connectivity index (χ4n) is 2.22. The smallest absolute Gasteiger partial charge is 0.265 e. The summed E-state index contributed by atoms with van der Waals surface area (Å²) in [6, 6.07) is 14.5. The van der Waals surface area contributed by atoms with Gasteiger partial charge in [-0.1, -0.05) is 35.3 Å². The molecule has 2 aromatic carbocycles. The molecule has 3 nitrogen and oxygen atoms in total. The summed E-state index contributed by atoms with van der Waals surface area (Å²) in [5, 5.41) is 6.05. The van der Waals surface area contributed by atoms with Crippen LogP contribution < -0.4 is 10.1 Å². The number of hydrogen-bond donors (Lipinski definition) is 1. The second kappa shape index (κ2) is 7.91. The van der Waals surface area contributed by atoms with Gasteiger partial charge in [-0.05, 0) is 54.3 Å². The standard InChI is InChI=1S/C19H15Cl2NO2S/c1-12-16(21)6-3-7-17(12)22-19(23)18-8-13(11-25-18)10-24-15-5-2-4-14(20)9-15/h2-9,11H,10H2,1H3,(H,22,23). The van der Waals surface area contributed by atoms with E-state index in [0.717, 1.165) is 11.1 Å². The van der Waals surface area contributed by atoms with Gasteiger partial charge in [0.25, 0.3) is 5.91 Å². The zero-order chi connectivity index (χ0) is 17.8. The molecule has 0 radical (unpaired) electrons. The Balaban J connectivity index is 1.64. The third kappa shape index (κ3) is 4.54. The first-order valence-corrected chi connectivity index (χ1v) is 9.19. The highest BCUT2D eigenvalue weighted by Gasteiger charge is 2.12. The molecule has 1 heterocycles. The van der Waals surface area contributed by atoms with Crippen molar-refractivity contribution in [3.05, 3.63) is 80.0 Å². The van der Waals surface area contributed by atoms with Gasteiger partial charge in [0, 0.05) is 21.3 Å². The van der Waals surface area contributed by atoms with E-state index in [2.05, 4.69) is 5.32 Å². The topological polar surface area (TPSA) is 38.3 Å². The van der Waals surface area contributed by atoms with Gasteiger partial charge in [-0.2, -0.15) is 0 Å². The van der Waals surface area contributed by atoms with E-state index in [0.29, 0.717) is 33.0 Å². The predicted molar refractivity (Wildman–Crippen MR) is 104 cm³/mol. The summed E-state index contributed by atoms with van der Waals surface area (Å²) in [4.78, 5) is 13.0. The summed E-state index contributed by atoms with van der Waals surface area (Å²) in [6.45, 7) is 2.25. The number of ether oxygens (including phenoxy) is 1. The van der Waals surface area contributed by atoms with E-state index in [-0.39, 0.29) is 5.91 Å². The highest BCUT2D eigenvalue weighted by Crippen LogP contribution is 2.25. The number of thiophene rings is 1. The van der Waals surface area contributed by atoms with Crippen molar-refractivity contribution in [3.63, 3.8) is 0 Å². The Morgan fingerprint density at radius 1 is 1.16 bits per heavy atom. The van der Waals surface area contributed by atoms with Crippen LogP contribution in [0, 0.1) is 6.92 Å². The van der Waals surface area contributed by atoms with Crippen molar-refractivity contribution in [3.8, 4) is 5.75 Å². The van der Waals surface area contributed by atoms with Crippen molar-refractivity contribution in [2.45, 2.75) is 13.5 Å². The van der Waals surface area contributed by atoms with Crippen molar-refractivity contribution in [1.29, 1.82) is 0 Å². The van der Waals surface area contributed by atoms with Gasteiger partial charge < -0.3 is 10.1 Å². The highest BCUT2D eigenvalue weighted by atomic mass is 35.5. The molecule has 0 aliphatic carbocycles. The number of rotatable bonds is 5. The molecule has 1 amide bonds. The van der Waals surface area contributed by atoms with E-state index < -0.39 is 0 Å². The minimum absolute atomic E-state index is 0.163. The van der Waals surface area contributed by atoms with Crippen molar-refractivity contribution < 1.29 is 9.53 Å². The second-order valence-corrected chi connectivity index (χ2v) is 7.19. The molecule has 0 saturated heterocycles. The van der Waals surface area contributed by atoms with Crippen LogP contribution in [0.1, 0.15) is 20.8 Å². The van der Waals surface area contributed by atoms with E-state index in [1.807, 2.05) is 42.6 Å². The summed E-state index contributed by atoms with van der Waals surface area (Å²) in [5.74, 6) is 0.531. The average molecular weight is 392 g/mol. The highest BCUT2D eigenvalue weighted by molar-refractivity contribution is 7.12. The molecular formula is C19H15Cl2NO2S. The predicted octanol–water partition coefficient (Wildman–Crippen LogP) is 6.19. The molecule has 3 aromatic rings. The largest absolute Gasteiger partial charge is 0.489 e. The number of hydrogen-bond acceptors (Lipinski definition) is 3. The summed E-state index contributed by atoms with van der Waals surface area (Å²) >= 11 is 13.4. The average Bonchev–Trinajstić information content (AvgIpc) is 3.06. The molecule has 0 atom stereocenters. The van der Waals surface area contributed by atoms with Gasteiger partial charge in [0.15, 0.2) is 0 Å². The van der Waals surface area contributed by atoms with E-state index in [9.17, 15) is 4.79 Å². The summed E-state index contributed by atoms with van der Waals surface area (Å²) in [5.41, 5.74) is 2.49. The Kier molecular flexibility index (Phi) is 5.63. The van der Waals surface area contributed by atoms with Crippen molar-refractivity contribution in [1.82, 2.24) is 0 Å². The van der Waals surface area contributed by atoms with E-state index in [1.54, 1.807) is 18.2 Å². The Bertz CT molecular complexity index is 908. The molecule has 1 aromatic heterocycles. The fourth-order valence-corrected chi connectivity index (χ4v) is 3.37. The minimum atomic E-state index is -0.163. The van der Waals surface area contributed by atoms with Crippen LogP contribution in [0.2, 0.25) is 10.0 Å². The molecule has 0 saturated carbocycles. The lowest BCUT2D eigenvalue weighted by molar-refractivity contribution is 0.103. The number of carbonyl (C=O) groups excluding carboxylic acids is 1. The maximum atomic E-state index is 12.4. The first kappa shape index (κ1) is 17.8. The summed E-state index contributed by atoms with van der Waals surface area (Å²) in [7, 11) is 0. The molecule has 0 aliphatic heterocycles. The summed E-state index contributed by atoms with van der Waals surface area (Å²) < 4.78 is 5.69. The van der Waals surface area contributed by atoms with Crippen LogP contribution in [0.4, 0.5) is 5.69 Å².